The zero-order valence-corrected chi connectivity index (χ0v) is 25.5. The maximum Gasteiger partial charge on any atom is 0.260 e. The first-order chi connectivity index (χ1) is 18.0. The van der Waals surface area contributed by atoms with Gasteiger partial charge in [-0.3, -0.25) is 9.69 Å². The van der Waals surface area contributed by atoms with E-state index >= 15 is 0 Å². The van der Waals surface area contributed by atoms with E-state index in [0.29, 0.717) is 41.9 Å². The average Bonchev–Trinajstić information content (AvgIpc) is 3.28. The fourth-order valence-electron chi connectivity index (χ4n) is 4.23. The number of likely N-dealkylation sites (N-methyl/N-ethyl adjacent to an activating group) is 1. The van der Waals surface area contributed by atoms with Gasteiger partial charge in [0.1, 0.15) is 0 Å². The van der Waals surface area contributed by atoms with Crippen LogP contribution < -0.4 is 4.90 Å². The van der Waals surface area contributed by atoms with Gasteiger partial charge >= 0.3 is 0 Å². The topological polar surface area (TPSA) is 73.8 Å². The second-order valence-electron chi connectivity index (χ2n) is 10.2. The Balaban J connectivity index is 1.92. The van der Waals surface area contributed by atoms with Crippen molar-refractivity contribution in [2.24, 2.45) is 11.8 Å². The normalized spacial score (nSPS) is 12.4. The summed E-state index contributed by atoms with van der Waals surface area (Å²) in [6.07, 6.45) is 0. The Hall–Kier alpha value is -2.04. The molecule has 0 saturated heterocycles. The molecule has 0 N–H and O–H groups in total. The number of halogens is 1. The number of benzene rings is 2. The number of fused-ring (bicyclic) bond motifs is 1. The Morgan fingerprint density at radius 3 is 2.11 bits per heavy atom. The van der Waals surface area contributed by atoms with Crippen molar-refractivity contribution in [3.8, 4) is 0 Å². The van der Waals surface area contributed by atoms with Crippen LogP contribution in [0.15, 0.2) is 47.4 Å². The van der Waals surface area contributed by atoms with Gasteiger partial charge in [-0.05, 0) is 67.4 Å². The molecule has 2 aromatic carbocycles. The van der Waals surface area contributed by atoms with E-state index in [4.69, 9.17) is 16.6 Å². The van der Waals surface area contributed by atoms with Gasteiger partial charge in [0.15, 0.2) is 5.13 Å². The predicted molar refractivity (Wildman–Crippen MR) is 159 cm³/mol. The van der Waals surface area contributed by atoms with Gasteiger partial charge < -0.3 is 4.90 Å². The summed E-state index contributed by atoms with van der Waals surface area (Å²) >= 11 is 7.60. The quantitative estimate of drug-likeness (QED) is 0.240. The molecule has 0 aliphatic heterocycles. The highest BCUT2D eigenvalue weighted by Gasteiger charge is 2.27. The summed E-state index contributed by atoms with van der Waals surface area (Å²) in [7, 11) is -3.68. The van der Waals surface area contributed by atoms with Gasteiger partial charge in [-0.15, -0.1) is 0 Å². The number of sulfonamides is 1. The van der Waals surface area contributed by atoms with Gasteiger partial charge in [-0.25, -0.2) is 13.4 Å². The lowest BCUT2D eigenvalue weighted by atomic mass is 10.2. The van der Waals surface area contributed by atoms with Crippen molar-refractivity contribution in [3.05, 3.63) is 53.1 Å². The van der Waals surface area contributed by atoms with Crippen LogP contribution in [0.2, 0.25) is 5.02 Å². The van der Waals surface area contributed by atoms with Gasteiger partial charge in [-0.1, -0.05) is 64.5 Å². The largest absolute Gasteiger partial charge is 0.302 e. The Bertz CT molecular complexity index is 1310. The van der Waals surface area contributed by atoms with E-state index in [1.807, 2.05) is 39.8 Å². The molecular formula is C28H39ClN4O3S2. The van der Waals surface area contributed by atoms with Crippen molar-refractivity contribution < 1.29 is 13.2 Å². The van der Waals surface area contributed by atoms with E-state index in [2.05, 4.69) is 18.7 Å². The van der Waals surface area contributed by atoms with Crippen LogP contribution in [-0.4, -0.2) is 67.8 Å². The van der Waals surface area contributed by atoms with E-state index < -0.39 is 10.0 Å². The second-order valence-corrected chi connectivity index (χ2v) is 13.6. The van der Waals surface area contributed by atoms with E-state index in [9.17, 15) is 13.2 Å². The molecule has 10 heteroatoms. The van der Waals surface area contributed by atoms with Crippen molar-refractivity contribution >= 4 is 54.2 Å². The van der Waals surface area contributed by atoms with Crippen LogP contribution in [0.3, 0.4) is 0 Å². The minimum Gasteiger partial charge on any atom is -0.302 e. The number of thiazole rings is 1. The number of hydrogen-bond donors (Lipinski definition) is 0. The highest BCUT2D eigenvalue weighted by molar-refractivity contribution is 7.89. The van der Waals surface area contributed by atoms with Gasteiger partial charge in [0.05, 0.1) is 15.1 Å². The van der Waals surface area contributed by atoms with Crippen molar-refractivity contribution in [1.82, 2.24) is 14.2 Å². The molecule has 1 heterocycles. The van der Waals surface area contributed by atoms with Crippen LogP contribution in [0.5, 0.6) is 0 Å². The number of anilines is 1. The van der Waals surface area contributed by atoms with Gasteiger partial charge in [0.25, 0.3) is 5.91 Å². The first kappa shape index (κ1) is 30.5. The van der Waals surface area contributed by atoms with Crippen LogP contribution >= 0.6 is 22.9 Å². The van der Waals surface area contributed by atoms with E-state index in [1.54, 1.807) is 27.4 Å². The summed E-state index contributed by atoms with van der Waals surface area (Å²) < 4.78 is 29.3. The van der Waals surface area contributed by atoms with Gasteiger partial charge in [-0.2, -0.15) is 4.31 Å². The first-order valence-corrected chi connectivity index (χ1v) is 15.8. The second kappa shape index (κ2) is 13.3. The molecule has 1 amide bonds. The fraction of sp³-hybridized carbons (Fsp3) is 0.500. The number of carbonyl (C=O) groups excluding carboxylic acids is 1. The zero-order valence-electron chi connectivity index (χ0n) is 23.1. The number of nitrogens with zero attached hydrogens (tertiary/aromatic N) is 4. The molecule has 0 unspecified atom stereocenters. The number of carbonyl (C=O) groups is 1. The molecule has 0 saturated carbocycles. The maximum absolute atomic E-state index is 13.8. The Morgan fingerprint density at radius 1 is 0.947 bits per heavy atom. The number of amides is 1. The van der Waals surface area contributed by atoms with Crippen LogP contribution in [0.1, 0.15) is 51.9 Å². The minimum atomic E-state index is -3.68. The third kappa shape index (κ3) is 7.54. The molecule has 0 aliphatic rings. The Morgan fingerprint density at radius 2 is 1.55 bits per heavy atom. The zero-order chi connectivity index (χ0) is 28.0. The summed E-state index contributed by atoms with van der Waals surface area (Å²) in [4.78, 5) is 22.6. The summed E-state index contributed by atoms with van der Waals surface area (Å²) in [5.41, 5.74) is 1.20. The lowest BCUT2D eigenvalue weighted by molar-refractivity contribution is 0.0983. The van der Waals surface area contributed by atoms with E-state index in [0.717, 1.165) is 23.3 Å². The third-order valence-electron chi connectivity index (χ3n) is 6.23. The average molecular weight is 579 g/mol. The molecule has 0 fully saturated rings. The smallest absolute Gasteiger partial charge is 0.260 e. The summed E-state index contributed by atoms with van der Waals surface area (Å²) in [6, 6.07) is 11.8. The third-order valence-corrected chi connectivity index (χ3v) is 9.35. The van der Waals surface area contributed by atoms with Crippen LogP contribution in [0, 0.1) is 11.8 Å². The molecule has 208 valence electrons. The van der Waals surface area contributed by atoms with Crippen molar-refractivity contribution in [3.63, 3.8) is 0 Å². The van der Waals surface area contributed by atoms with E-state index in [1.165, 1.54) is 23.5 Å². The fourth-order valence-corrected chi connectivity index (χ4v) is 7.26. The van der Waals surface area contributed by atoms with Crippen molar-refractivity contribution in [1.29, 1.82) is 0 Å². The number of rotatable bonds is 13. The highest BCUT2D eigenvalue weighted by atomic mass is 35.5. The molecule has 3 aromatic rings. The lowest BCUT2D eigenvalue weighted by Gasteiger charge is -2.26. The minimum absolute atomic E-state index is 0.194. The molecule has 3 rings (SSSR count). The summed E-state index contributed by atoms with van der Waals surface area (Å²) in [5, 5.41) is 1.21. The molecule has 0 radical (unpaired) electrons. The molecule has 0 bridgehead atoms. The number of aromatic nitrogens is 1. The van der Waals surface area contributed by atoms with Gasteiger partial charge in [0.2, 0.25) is 10.0 Å². The maximum atomic E-state index is 13.8. The standard InChI is InChI=1S/C28H39ClN4O3S2/c1-7-31(8-2)15-16-33(28-30-25-14-11-23(29)17-26(25)37-28)27(34)22-9-12-24(13-10-22)38(35,36)32(18-20(3)4)19-21(5)6/h9-14,17,20-21H,7-8,15-16,18-19H2,1-6H3. The first-order valence-electron chi connectivity index (χ1n) is 13.2. The summed E-state index contributed by atoms with van der Waals surface area (Å²) in [6.45, 7) is 16.0. The molecule has 0 spiro atoms. The molecule has 1 aromatic heterocycles. The van der Waals surface area contributed by atoms with Crippen LogP contribution in [0.4, 0.5) is 5.13 Å². The van der Waals surface area contributed by atoms with Crippen LogP contribution in [-0.2, 0) is 10.0 Å². The van der Waals surface area contributed by atoms with Crippen molar-refractivity contribution in [2.75, 3.05) is 44.2 Å². The molecule has 0 atom stereocenters. The molecule has 7 nitrogen and oxygen atoms in total. The van der Waals surface area contributed by atoms with E-state index in [-0.39, 0.29) is 22.6 Å². The summed E-state index contributed by atoms with van der Waals surface area (Å²) in [5.74, 6) is 0.187. The SMILES string of the molecule is CCN(CC)CCN(C(=O)c1ccc(S(=O)(=O)N(CC(C)C)CC(C)C)cc1)c1nc2ccc(Cl)cc2s1. The molecule has 38 heavy (non-hydrogen) atoms. The van der Waals surface area contributed by atoms with Crippen LogP contribution in [0.25, 0.3) is 10.2 Å². The highest BCUT2D eigenvalue weighted by Crippen LogP contribution is 2.32. The Kier molecular flexibility index (Phi) is 10.7. The Labute approximate surface area is 236 Å². The monoisotopic (exact) mass is 578 g/mol. The number of hydrogen-bond acceptors (Lipinski definition) is 6. The van der Waals surface area contributed by atoms with Gasteiger partial charge in [0, 0.05) is 36.8 Å². The molecule has 0 aliphatic carbocycles. The van der Waals surface area contributed by atoms with Crippen molar-refractivity contribution in [2.45, 2.75) is 46.4 Å². The predicted octanol–water partition coefficient (Wildman–Crippen LogP) is 6.24. The lowest BCUT2D eigenvalue weighted by Crippen LogP contribution is -2.39. The molecular weight excluding hydrogens is 540 g/mol.